The molecule has 0 radical (unpaired) electrons. The van der Waals surface area contributed by atoms with Gasteiger partial charge in [-0.25, -0.2) is 9.36 Å². The maximum atomic E-state index is 13.2. The zero-order chi connectivity index (χ0) is 35.1. The van der Waals surface area contributed by atoms with Crippen molar-refractivity contribution >= 4 is 49.3 Å². The van der Waals surface area contributed by atoms with Crippen LogP contribution in [-0.2, 0) is 42.7 Å². The minimum absolute atomic E-state index is 0.221. The highest BCUT2D eigenvalue weighted by Crippen LogP contribution is 2.35. The monoisotopic (exact) mass is 668 g/mol. The summed E-state index contributed by atoms with van der Waals surface area (Å²) in [7, 11) is -5.14. The van der Waals surface area contributed by atoms with E-state index in [2.05, 4.69) is 20.5 Å². The van der Waals surface area contributed by atoms with Gasteiger partial charge in [0.05, 0.1) is 18.7 Å². The fourth-order valence-corrected chi connectivity index (χ4v) is 3.93. The lowest BCUT2D eigenvalue weighted by Gasteiger charge is -2.28. The fraction of sp³-hybridized carbons (Fsp3) is 0.720. The van der Waals surface area contributed by atoms with Crippen LogP contribution in [0.15, 0.2) is 0 Å². The molecule has 0 aromatic carbocycles. The predicted octanol–water partition coefficient (Wildman–Crippen LogP) is -2.33. The Hall–Kier alpha value is -3.48. The Kier molecular flexibility index (Phi) is 18.3. The Bertz CT molecular complexity index is 1120. The quantitative estimate of drug-likeness (QED) is 0.0573. The van der Waals surface area contributed by atoms with Crippen LogP contribution in [0.3, 0.4) is 0 Å². The number of phosphoric ester groups is 1. The van der Waals surface area contributed by atoms with E-state index >= 15 is 0 Å². The van der Waals surface area contributed by atoms with Gasteiger partial charge in [-0.2, -0.15) is 0 Å². The van der Waals surface area contributed by atoms with Gasteiger partial charge in [-0.15, -0.1) is 0 Å². The van der Waals surface area contributed by atoms with Crippen LogP contribution in [0.25, 0.3) is 0 Å². The molecule has 20 heteroatoms. The second-order valence-corrected chi connectivity index (χ2v) is 11.8. The van der Waals surface area contributed by atoms with E-state index in [0.717, 1.165) is 0 Å². The number of carboxylic acid groups (broad SMARTS) is 2. The van der Waals surface area contributed by atoms with Crippen molar-refractivity contribution in [2.24, 2.45) is 23.3 Å². The van der Waals surface area contributed by atoms with Crippen LogP contribution in [0.1, 0.15) is 66.2 Å². The molecule has 2 unspecified atom stereocenters. The van der Waals surface area contributed by atoms with Gasteiger partial charge >= 0.3 is 19.8 Å². The van der Waals surface area contributed by atoms with Crippen molar-refractivity contribution in [3.05, 3.63) is 0 Å². The Morgan fingerprint density at radius 1 is 0.756 bits per heavy atom. The third-order valence-electron chi connectivity index (χ3n) is 6.94. The third-order valence-corrected chi connectivity index (χ3v) is 7.42. The topological polar surface area (TPSA) is 327 Å². The Balaban J connectivity index is 5.53. The molecule has 5 amide bonds. The summed E-state index contributed by atoms with van der Waals surface area (Å²) in [4.78, 5) is 103. The van der Waals surface area contributed by atoms with E-state index < -0.39 is 118 Å². The number of carbonyl (C=O) groups is 7. The van der Waals surface area contributed by atoms with Crippen LogP contribution in [-0.4, -0.2) is 98.3 Å². The van der Waals surface area contributed by atoms with E-state index in [1.807, 2.05) is 12.2 Å². The molecule has 0 bridgehead atoms. The number of rotatable bonds is 21. The lowest BCUT2D eigenvalue weighted by atomic mass is 9.95. The highest BCUT2D eigenvalue weighted by Gasteiger charge is 2.34. The molecular formula is C25H45N6O13P. The van der Waals surface area contributed by atoms with Gasteiger partial charge in [0.1, 0.15) is 18.1 Å². The van der Waals surface area contributed by atoms with Crippen LogP contribution in [0, 0.1) is 11.8 Å². The Morgan fingerprint density at radius 3 is 1.80 bits per heavy atom. The number of nitrogens with one attached hydrogen (secondary N) is 4. The zero-order valence-electron chi connectivity index (χ0n) is 25.6. The van der Waals surface area contributed by atoms with E-state index in [1.165, 1.54) is 0 Å². The second-order valence-electron chi connectivity index (χ2n) is 10.5. The molecule has 0 aliphatic carbocycles. The second kappa shape index (κ2) is 19.8. The summed E-state index contributed by atoms with van der Waals surface area (Å²) in [6.45, 7) is 5.86. The largest absolute Gasteiger partial charge is 0.481 e. The van der Waals surface area contributed by atoms with Crippen LogP contribution in [0.4, 0.5) is 0 Å². The molecule has 0 saturated heterocycles. The summed E-state index contributed by atoms with van der Waals surface area (Å²) in [6, 6.07) is -6.99. The SMILES string of the molecule is CCC(C)[C@H](N)C(=O)N[C@H](C(=O)N[C@@H](COP(=O)(O)O)C(=O)NC(=O)CC[C@H](N)C(=O)N[C@@H](CCC(=O)O)C(=O)O)C(C)CC. The van der Waals surface area contributed by atoms with Crippen molar-refractivity contribution in [2.75, 3.05) is 6.61 Å². The zero-order valence-corrected chi connectivity index (χ0v) is 26.5. The minimum atomic E-state index is -5.14. The summed E-state index contributed by atoms with van der Waals surface area (Å²) in [5.74, 6) is -8.32. The highest BCUT2D eigenvalue weighted by molar-refractivity contribution is 7.46. The molecule has 0 aromatic heterocycles. The molecule has 45 heavy (non-hydrogen) atoms. The van der Waals surface area contributed by atoms with Crippen LogP contribution >= 0.6 is 7.82 Å². The number of amides is 5. The first-order valence-electron chi connectivity index (χ1n) is 14.1. The lowest BCUT2D eigenvalue weighted by molar-refractivity contribution is -0.143. The number of carbonyl (C=O) groups excluding carboxylic acids is 5. The van der Waals surface area contributed by atoms with Gasteiger partial charge in [0.2, 0.25) is 23.6 Å². The van der Waals surface area contributed by atoms with Gasteiger partial charge in [0.25, 0.3) is 5.91 Å². The molecule has 0 spiro atoms. The summed E-state index contributed by atoms with van der Waals surface area (Å²) in [6.07, 6.45) is -0.955. The van der Waals surface area contributed by atoms with Crippen molar-refractivity contribution in [3.63, 3.8) is 0 Å². The molecule has 0 fully saturated rings. The Morgan fingerprint density at radius 2 is 1.31 bits per heavy atom. The van der Waals surface area contributed by atoms with Crippen LogP contribution in [0.2, 0.25) is 0 Å². The molecule has 19 nitrogen and oxygen atoms in total. The van der Waals surface area contributed by atoms with Gasteiger partial charge in [-0.3, -0.25) is 38.6 Å². The summed E-state index contributed by atoms with van der Waals surface area (Å²) < 4.78 is 15.6. The highest BCUT2D eigenvalue weighted by atomic mass is 31.2. The normalized spacial score (nSPS) is 16.1. The molecule has 0 heterocycles. The maximum absolute atomic E-state index is 13.2. The summed E-state index contributed by atoms with van der Waals surface area (Å²) in [5.41, 5.74) is 11.6. The van der Waals surface area contributed by atoms with Crippen molar-refractivity contribution in [1.29, 1.82) is 0 Å². The van der Waals surface area contributed by atoms with E-state index in [9.17, 15) is 38.1 Å². The van der Waals surface area contributed by atoms with Gasteiger partial charge in [0.15, 0.2) is 0 Å². The molecule has 12 N–H and O–H groups in total. The number of aliphatic carboxylic acids is 2. The number of phosphoric acid groups is 1. The van der Waals surface area contributed by atoms with Crippen molar-refractivity contribution in [1.82, 2.24) is 21.3 Å². The van der Waals surface area contributed by atoms with Gasteiger partial charge < -0.3 is 47.4 Å². The first-order chi connectivity index (χ1) is 20.7. The number of nitrogens with two attached hydrogens (primary N) is 2. The number of imide groups is 1. The van der Waals surface area contributed by atoms with E-state index in [4.69, 9.17) is 31.5 Å². The van der Waals surface area contributed by atoms with E-state index in [1.54, 1.807) is 20.8 Å². The summed E-state index contributed by atoms with van der Waals surface area (Å²) in [5, 5.41) is 26.6. The van der Waals surface area contributed by atoms with Crippen molar-refractivity contribution < 1.29 is 62.7 Å². The van der Waals surface area contributed by atoms with Gasteiger partial charge in [-0.05, 0) is 24.7 Å². The molecule has 7 atom stereocenters. The first kappa shape index (κ1) is 41.5. The minimum Gasteiger partial charge on any atom is -0.481 e. The number of hydrogen-bond acceptors (Lipinski definition) is 11. The van der Waals surface area contributed by atoms with E-state index in [0.29, 0.717) is 12.8 Å². The third kappa shape index (κ3) is 16.4. The number of carboxylic acids is 2. The molecule has 0 rings (SSSR count). The molecule has 0 aliphatic rings. The van der Waals surface area contributed by atoms with Crippen LogP contribution < -0.4 is 32.7 Å². The molecular weight excluding hydrogens is 623 g/mol. The molecule has 0 aromatic rings. The number of hydrogen-bond donors (Lipinski definition) is 10. The van der Waals surface area contributed by atoms with Gasteiger partial charge in [0, 0.05) is 12.8 Å². The average Bonchev–Trinajstić information content (AvgIpc) is 2.96. The lowest BCUT2D eigenvalue weighted by Crippen LogP contribution is -2.59. The fourth-order valence-electron chi connectivity index (χ4n) is 3.59. The Labute approximate surface area is 259 Å². The maximum Gasteiger partial charge on any atom is 0.469 e. The van der Waals surface area contributed by atoms with Gasteiger partial charge in [-0.1, -0.05) is 40.5 Å². The first-order valence-corrected chi connectivity index (χ1v) is 15.7. The van der Waals surface area contributed by atoms with Crippen LogP contribution in [0.5, 0.6) is 0 Å². The predicted molar refractivity (Wildman–Crippen MR) is 156 cm³/mol. The molecule has 258 valence electrons. The van der Waals surface area contributed by atoms with Crippen molar-refractivity contribution in [2.45, 2.75) is 96.4 Å². The van der Waals surface area contributed by atoms with E-state index in [-0.39, 0.29) is 5.92 Å². The molecule has 0 saturated carbocycles. The molecule has 0 aliphatic heterocycles. The standard InChI is InChI=1S/C25H45N6O13P/c1-5-12(3)19(27)23(37)31-20(13(4)6-2)24(38)29-16(11-44-45(41,42)43)22(36)30-17(32)9-7-14(26)21(35)28-15(25(39)40)8-10-18(33)34/h12-16,19-20H,5-11,26-27H2,1-4H3,(H,28,35)(H,29,38)(H,31,37)(H,33,34)(H,39,40)(H,30,32,36)(H2,41,42,43)/t12?,13?,14-,15-,16-,19-,20-/m0/s1. The average molecular weight is 669 g/mol. The summed E-state index contributed by atoms with van der Waals surface area (Å²) >= 11 is 0. The smallest absolute Gasteiger partial charge is 0.469 e. The van der Waals surface area contributed by atoms with Crippen molar-refractivity contribution in [3.8, 4) is 0 Å².